The van der Waals surface area contributed by atoms with Crippen LogP contribution in [0.4, 0.5) is 0 Å². The van der Waals surface area contributed by atoms with Crippen molar-refractivity contribution in [1.82, 2.24) is 0 Å². The zero-order valence-electron chi connectivity index (χ0n) is 28.3. The van der Waals surface area contributed by atoms with Gasteiger partial charge < -0.3 is 14.2 Å². The van der Waals surface area contributed by atoms with Crippen LogP contribution in [0.3, 0.4) is 0 Å². The van der Waals surface area contributed by atoms with E-state index in [-0.39, 0.29) is 25.2 Å². The van der Waals surface area contributed by atoms with Crippen LogP contribution in [0.5, 0.6) is 0 Å². The third-order valence-corrected chi connectivity index (χ3v) is 7.80. The molecule has 42 heavy (non-hydrogen) atoms. The predicted molar refractivity (Wildman–Crippen MR) is 178 cm³/mol. The number of hydrogen-bond acceptors (Lipinski definition) is 5. The maximum atomic E-state index is 12.4. The topological polar surface area (TPSA) is 61.8 Å². The van der Waals surface area contributed by atoms with Crippen molar-refractivity contribution >= 4 is 11.9 Å². The first-order chi connectivity index (χ1) is 20.6. The van der Waals surface area contributed by atoms with Gasteiger partial charge in [-0.05, 0) is 44.9 Å². The highest BCUT2D eigenvalue weighted by Gasteiger charge is 2.17. The SMILES string of the molecule is CCCCCC/C=C\CCCCCCCCOCC(COC(=O)CCCCCCCCC)OC(=O)CCCCCCC. The molecule has 0 saturated carbocycles. The van der Waals surface area contributed by atoms with Crippen LogP contribution in [0.2, 0.25) is 0 Å². The van der Waals surface area contributed by atoms with Crippen molar-refractivity contribution in [1.29, 1.82) is 0 Å². The average Bonchev–Trinajstić information content (AvgIpc) is 2.99. The van der Waals surface area contributed by atoms with Crippen molar-refractivity contribution < 1.29 is 23.8 Å². The van der Waals surface area contributed by atoms with Crippen LogP contribution in [-0.4, -0.2) is 37.9 Å². The Labute approximate surface area is 261 Å². The maximum absolute atomic E-state index is 12.4. The molecule has 5 nitrogen and oxygen atoms in total. The van der Waals surface area contributed by atoms with Gasteiger partial charge in [0.1, 0.15) is 6.61 Å². The molecule has 0 aliphatic carbocycles. The number of allylic oxidation sites excluding steroid dienone is 2. The van der Waals surface area contributed by atoms with Crippen molar-refractivity contribution in [2.24, 2.45) is 0 Å². The molecular weight excluding hydrogens is 524 g/mol. The van der Waals surface area contributed by atoms with Crippen molar-refractivity contribution in [3.05, 3.63) is 12.2 Å². The van der Waals surface area contributed by atoms with E-state index in [0.717, 1.165) is 44.9 Å². The lowest BCUT2D eigenvalue weighted by atomic mass is 10.1. The first-order valence-electron chi connectivity index (χ1n) is 18.2. The van der Waals surface area contributed by atoms with Crippen molar-refractivity contribution in [2.75, 3.05) is 19.8 Å². The minimum atomic E-state index is -0.522. The second-order valence-corrected chi connectivity index (χ2v) is 12.1. The molecule has 0 heterocycles. The highest BCUT2D eigenvalue weighted by atomic mass is 16.6. The van der Waals surface area contributed by atoms with E-state index >= 15 is 0 Å². The third-order valence-electron chi connectivity index (χ3n) is 7.80. The Kier molecular flexibility index (Phi) is 33.0. The molecule has 1 atom stereocenters. The van der Waals surface area contributed by atoms with Gasteiger partial charge in [-0.2, -0.15) is 0 Å². The summed E-state index contributed by atoms with van der Waals surface area (Å²) < 4.78 is 17.0. The van der Waals surface area contributed by atoms with Crippen LogP contribution in [0.25, 0.3) is 0 Å². The molecule has 0 aromatic carbocycles. The monoisotopic (exact) mass is 595 g/mol. The van der Waals surface area contributed by atoms with Gasteiger partial charge in [0, 0.05) is 19.4 Å². The molecule has 0 aromatic rings. The largest absolute Gasteiger partial charge is 0.462 e. The molecule has 0 aliphatic rings. The van der Waals surface area contributed by atoms with Gasteiger partial charge in [-0.25, -0.2) is 0 Å². The Hall–Kier alpha value is -1.36. The van der Waals surface area contributed by atoms with Gasteiger partial charge in [-0.1, -0.05) is 142 Å². The van der Waals surface area contributed by atoms with Gasteiger partial charge in [0.15, 0.2) is 6.10 Å². The second kappa shape index (κ2) is 34.1. The number of carbonyl (C=O) groups is 2. The molecule has 0 aromatic heterocycles. The Morgan fingerprint density at radius 1 is 0.500 bits per heavy atom. The number of esters is 2. The van der Waals surface area contributed by atoms with Crippen LogP contribution in [0.1, 0.15) is 188 Å². The van der Waals surface area contributed by atoms with Gasteiger partial charge in [-0.15, -0.1) is 0 Å². The van der Waals surface area contributed by atoms with E-state index in [0.29, 0.717) is 19.4 Å². The molecule has 0 N–H and O–H groups in total. The van der Waals surface area contributed by atoms with E-state index in [1.807, 2.05) is 0 Å². The quantitative estimate of drug-likeness (QED) is 0.0429. The second-order valence-electron chi connectivity index (χ2n) is 12.1. The lowest BCUT2D eigenvalue weighted by Gasteiger charge is -2.18. The summed E-state index contributed by atoms with van der Waals surface area (Å²) in [5.74, 6) is -0.416. The lowest BCUT2D eigenvalue weighted by Crippen LogP contribution is -2.30. The molecule has 0 fully saturated rings. The first kappa shape index (κ1) is 40.6. The van der Waals surface area contributed by atoms with Gasteiger partial charge in [0.25, 0.3) is 0 Å². The Bertz CT molecular complexity index is 603. The fourth-order valence-corrected chi connectivity index (χ4v) is 5.03. The van der Waals surface area contributed by atoms with Gasteiger partial charge in [-0.3, -0.25) is 9.59 Å². The zero-order valence-corrected chi connectivity index (χ0v) is 28.3. The molecule has 0 saturated heterocycles. The molecule has 0 radical (unpaired) electrons. The molecule has 0 spiro atoms. The summed E-state index contributed by atoms with van der Waals surface area (Å²) in [6.07, 6.45) is 33.7. The number of rotatable bonds is 33. The Morgan fingerprint density at radius 3 is 1.48 bits per heavy atom. The minimum absolute atomic E-state index is 0.0874. The summed E-state index contributed by atoms with van der Waals surface area (Å²) in [6, 6.07) is 0. The fourth-order valence-electron chi connectivity index (χ4n) is 5.03. The number of carbonyl (C=O) groups excluding carboxylic acids is 2. The molecule has 1 unspecified atom stereocenters. The number of hydrogen-bond donors (Lipinski definition) is 0. The lowest BCUT2D eigenvalue weighted by molar-refractivity contribution is -0.163. The summed E-state index contributed by atoms with van der Waals surface area (Å²) in [6.45, 7) is 7.69. The molecule has 0 rings (SSSR count). The summed E-state index contributed by atoms with van der Waals surface area (Å²) in [7, 11) is 0. The number of ether oxygens (including phenoxy) is 3. The van der Waals surface area contributed by atoms with Gasteiger partial charge in [0.05, 0.1) is 6.61 Å². The van der Waals surface area contributed by atoms with Crippen LogP contribution in [0.15, 0.2) is 12.2 Å². The first-order valence-corrected chi connectivity index (χ1v) is 18.2. The van der Waals surface area contributed by atoms with E-state index in [2.05, 4.69) is 32.9 Å². The van der Waals surface area contributed by atoms with Gasteiger partial charge in [0.2, 0.25) is 0 Å². The van der Waals surface area contributed by atoms with Crippen LogP contribution in [-0.2, 0) is 23.8 Å². The van der Waals surface area contributed by atoms with Gasteiger partial charge >= 0.3 is 11.9 Å². The van der Waals surface area contributed by atoms with E-state index in [4.69, 9.17) is 14.2 Å². The van der Waals surface area contributed by atoms with E-state index in [1.165, 1.54) is 109 Å². The molecule has 0 aliphatic heterocycles. The van der Waals surface area contributed by atoms with Crippen molar-refractivity contribution in [3.63, 3.8) is 0 Å². The molecule has 0 bridgehead atoms. The van der Waals surface area contributed by atoms with E-state index in [9.17, 15) is 9.59 Å². The standard InChI is InChI=1S/C37H70O5/c1-4-7-10-13-15-16-17-18-19-20-21-23-26-29-32-40-33-35(42-37(39)31-28-24-12-9-6-3)34-41-36(38)30-27-25-22-14-11-8-5-2/h16-17,35H,4-15,18-34H2,1-3H3/b17-16-. The normalized spacial score (nSPS) is 12.2. The fraction of sp³-hybridized carbons (Fsp3) is 0.892. The molecule has 248 valence electrons. The number of unbranched alkanes of at least 4 members (excludes halogenated alkanes) is 20. The van der Waals surface area contributed by atoms with Crippen molar-refractivity contribution in [3.8, 4) is 0 Å². The smallest absolute Gasteiger partial charge is 0.306 e. The minimum Gasteiger partial charge on any atom is -0.462 e. The Morgan fingerprint density at radius 2 is 0.929 bits per heavy atom. The van der Waals surface area contributed by atoms with Crippen LogP contribution < -0.4 is 0 Å². The predicted octanol–water partition coefficient (Wildman–Crippen LogP) is 11.2. The molecule has 0 amide bonds. The third kappa shape index (κ3) is 31.6. The van der Waals surface area contributed by atoms with Crippen LogP contribution >= 0.6 is 0 Å². The zero-order chi connectivity index (χ0) is 30.8. The van der Waals surface area contributed by atoms with Crippen LogP contribution in [0, 0.1) is 0 Å². The summed E-state index contributed by atoms with van der Waals surface area (Å²) in [5, 5.41) is 0. The highest BCUT2D eigenvalue weighted by Crippen LogP contribution is 2.12. The van der Waals surface area contributed by atoms with E-state index in [1.54, 1.807) is 0 Å². The average molecular weight is 595 g/mol. The molecular formula is C37H70O5. The summed E-state index contributed by atoms with van der Waals surface area (Å²) in [4.78, 5) is 24.7. The molecule has 5 heteroatoms. The Balaban J connectivity index is 4.08. The van der Waals surface area contributed by atoms with E-state index < -0.39 is 6.10 Å². The summed E-state index contributed by atoms with van der Waals surface area (Å²) >= 11 is 0. The van der Waals surface area contributed by atoms with Crippen molar-refractivity contribution in [2.45, 2.75) is 194 Å². The summed E-state index contributed by atoms with van der Waals surface area (Å²) in [5.41, 5.74) is 0. The maximum Gasteiger partial charge on any atom is 0.306 e. The highest BCUT2D eigenvalue weighted by molar-refractivity contribution is 5.70.